The van der Waals surface area contributed by atoms with Crippen LogP contribution in [0.5, 0.6) is 0 Å². The molecule has 65 heavy (non-hydrogen) atoms. The molecule has 0 aliphatic heterocycles. The van der Waals surface area contributed by atoms with Crippen LogP contribution in [-0.2, 0) is 15.7 Å². The summed E-state index contributed by atoms with van der Waals surface area (Å²) in [5.41, 5.74) is 17.7. The Morgan fingerprint density at radius 1 is 0.292 bits per heavy atom. The standard InChI is InChI=1S/C63H56ClN/c1-61(2,3)53-38-49(39-54(43-53)62(4,5)6)48-30-22-35-56(41-48)65(60-58(46-26-14-8-15-27-46)36-23-37-59(60)47-28-16-9-17-29-47)57-42-50(45-24-12-7-13-25-45)40-55(44-57)63(64,51-31-18-10-19-32-51)52-33-20-11-21-34-52/h7-44H,1-6H3. The monoisotopic (exact) mass is 861 g/mol. The molecule has 0 unspecified atom stereocenters. The molecule has 9 rings (SSSR count). The third-order valence-corrected chi connectivity index (χ3v) is 13.2. The summed E-state index contributed by atoms with van der Waals surface area (Å²) in [5.74, 6) is 0. The topological polar surface area (TPSA) is 3.24 Å². The van der Waals surface area contributed by atoms with E-state index in [0.717, 1.165) is 72.7 Å². The first kappa shape index (κ1) is 43.3. The maximum atomic E-state index is 8.29. The van der Waals surface area contributed by atoms with Crippen molar-refractivity contribution in [2.45, 2.75) is 57.2 Å². The molecule has 1 nitrogen and oxygen atoms in total. The molecule has 0 atom stereocenters. The van der Waals surface area contributed by atoms with Gasteiger partial charge >= 0.3 is 0 Å². The summed E-state index contributed by atoms with van der Waals surface area (Å²) in [5, 5.41) is 0. The van der Waals surface area contributed by atoms with Gasteiger partial charge in [0.05, 0.1) is 5.69 Å². The van der Waals surface area contributed by atoms with Crippen LogP contribution in [0, 0.1) is 0 Å². The summed E-state index contributed by atoms with van der Waals surface area (Å²) in [6, 6.07) is 83.2. The summed E-state index contributed by atoms with van der Waals surface area (Å²) in [4.78, 5) is 1.46. The van der Waals surface area contributed by atoms with E-state index >= 15 is 0 Å². The van der Waals surface area contributed by atoms with Gasteiger partial charge in [0.25, 0.3) is 0 Å². The number of rotatable bonds is 10. The Hall–Kier alpha value is -6.93. The second-order valence-corrected chi connectivity index (χ2v) is 19.7. The molecule has 0 heterocycles. The summed E-state index contributed by atoms with van der Waals surface area (Å²) >= 11 is 8.29. The molecule has 0 fully saturated rings. The number of hydrogen-bond donors (Lipinski definition) is 0. The number of benzene rings is 9. The fourth-order valence-electron chi connectivity index (χ4n) is 8.95. The minimum atomic E-state index is -1.02. The first-order chi connectivity index (χ1) is 31.4. The van der Waals surface area contributed by atoms with E-state index in [0.29, 0.717) is 0 Å². The lowest BCUT2D eigenvalue weighted by atomic mass is 9.79. The van der Waals surface area contributed by atoms with Crippen molar-refractivity contribution in [3.05, 3.63) is 258 Å². The third-order valence-electron chi connectivity index (χ3n) is 12.6. The van der Waals surface area contributed by atoms with Gasteiger partial charge < -0.3 is 4.90 Å². The molecule has 0 saturated carbocycles. The first-order valence-corrected chi connectivity index (χ1v) is 23.1. The zero-order valence-corrected chi connectivity index (χ0v) is 39.0. The van der Waals surface area contributed by atoms with E-state index in [2.05, 4.69) is 277 Å². The number of nitrogens with zero attached hydrogens (tertiary/aromatic N) is 1. The molecule has 0 aliphatic rings. The molecular formula is C63H56ClN. The molecule has 0 amide bonds. The van der Waals surface area contributed by atoms with Crippen LogP contribution in [0.15, 0.2) is 231 Å². The molecule has 320 valence electrons. The lowest BCUT2D eigenvalue weighted by molar-refractivity contribution is 0.569. The van der Waals surface area contributed by atoms with Gasteiger partial charge in [0.1, 0.15) is 4.87 Å². The fraction of sp³-hybridized carbons (Fsp3) is 0.143. The second kappa shape index (κ2) is 17.9. The van der Waals surface area contributed by atoms with E-state index in [4.69, 9.17) is 11.6 Å². The van der Waals surface area contributed by atoms with Crippen molar-refractivity contribution in [1.82, 2.24) is 0 Å². The van der Waals surface area contributed by atoms with Gasteiger partial charge in [-0.2, -0.15) is 0 Å². The quantitative estimate of drug-likeness (QED) is 0.0978. The average molecular weight is 863 g/mol. The SMILES string of the molecule is CC(C)(C)c1cc(-c2cccc(N(c3cc(-c4ccccc4)cc(C(Cl)(c4ccccc4)c4ccccc4)c3)c3c(-c4ccccc4)cccc3-c3ccccc3)c2)cc(C(C)(C)C)c1. The highest BCUT2D eigenvalue weighted by molar-refractivity contribution is 6.28. The van der Waals surface area contributed by atoms with E-state index in [1.54, 1.807) is 0 Å². The van der Waals surface area contributed by atoms with E-state index in [1.807, 2.05) is 0 Å². The smallest absolute Gasteiger partial charge is 0.119 e. The number of alkyl halides is 1. The van der Waals surface area contributed by atoms with Gasteiger partial charge in [-0.3, -0.25) is 0 Å². The predicted octanol–water partition coefficient (Wildman–Crippen LogP) is 18.0. The first-order valence-electron chi connectivity index (χ1n) is 22.7. The van der Waals surface area contributed by atoms with E-state index in [9.17, 15) is 0 Å². The maximum absolute atomic E-state index is 8.29. The van der Waals surface area contributed by atoms with Crippen LogP contribution in [0.3, 0.4) is 0 Å². The van der Waals surface area contributed by atoms with Gasteiger partial charge in [-0.25, -0.2) is 0 Å². The lowest BCUT2D eigenvalue weighted by Gasteiger charge is -2.34. The van der Waals surface area contributed by atoms with Gasteiger partial charge in [0.2, 0.25) is 0 Å². The van der Waals surface area contributed by atoms with Crippen molar-refractivity contribution in [2.24, 2.45) is 0 Å². The zero-order valence-electron chi connectivity index (χ0n) is 38.3. The Kier molecular flexibility index (Phi) is 11.9. The molecular weight excluding hydrogens is 806 g/mol. The van der Waals surface area contributed by atoms with E-state index in [1.165, 1.54) is 16.7 Å². The van der Waals surface area contributed by atoms with Gasteiger partial charge in [-0.1, -0.05) is 242 Å². The highest BCUT2D eigenvalue weighted by Crippen LogP contribution is 2.51. The molecule has 2 heteroatoms. The van der Waals surface area contributed by atoms with Crippen LogP contribution in [0.2, 0.25) is 0 Å². The summed E-state index contributed by atoms with van der Waals surface area (Å²) in [6.45, 7) is 13.8. The summed E-state index contributed by atoms with van der Waals surface area (Å²) in [6.07, 6.45) is 0. The highest BCUT2D eigenvalue weighted by Gasteiger charge is 2.36. The predicted molar refractivity (Wildman–Crippen MR) is 279 cm³/mol. The normalized spacial score (nSPS) is 11.9. The van der Waals surface area contributed by atoms with Crippen LogP contribution in [-0.4, -0.2) is 0 Å². The molecule has 0 radical (unpaired) electrons. The van der Waals surface area contributed by atoms with Crippen LogP contribution in [0.4, 0.5) is 17.1 Å². The van der Waals surface area contributed by atoms with Gasteiger partial charge in [-0.05, 0) is 102 Å². The number of anilines is 3. The third kappa shape index (κ3) is 8.95. The molecule has 0 N–H and O–H groups in total. The number of hydrogen-bond acceptors (Lipinski definition) is 1. The Morgan fingerprint density at radius 3 is 1.15 bits per heavy atom. The van der Waals surface area contributed by atoms with Crippen LogP contribution >= 0.6 is 11.6 Å². The van der Waals surface area contributed by atoms with Gasteiger partial charge in [-0.15, -0.1) is 11.6 Å². The average Bonchev–Trinajstić information content (AvgIpc) is 3.34. The maximum Gasteiger partial charge on any atom is 0.119 e. The molecule has 0 spiro atoms. The van der Waals surface area contributed by atoms with Crippen LogP contribution < -0.4 is 4.90 Å². The minimum absolute atomic E-state index is 0.0291. The minimum Gasteiger partial charge on any atom is -0.309 e. The Balaban J connectivity index is 1.40. The molecule has 0 aliphatic carbocycles. The summed E-state index contributed by atoms with van der Waals surface area (Å²) in [7, 11) is 0. The number of halogens is 1. The summed E-state index contributed by atoms with van der Waals surface area (Å²) < 4.78 is 0. The van der Waals surface area contributed by atoms with Gasteiger partial charge in [0, 0.05) is 22.5 Å². The Labute approximate surface area is 391 Å². The van der Waals surface area contributed by atoms with Crippen molar-refractivity contribution in [3.63, 3.8) is 0 Å². The number of para-hydroxylation sites is 1. The molecule has 9 aromatic rings. The Morgan fingerprint density at radius 2 is 0.677 bits per heavy atom. The fourth-order valence-corrected chi connectivity index (χ4v) is 9.31. The van der Waals surface area contributed by atoms with Crippen LogP contribution in [0.25, 0.3) is 44.5 Å². The van der Waals surface area contributed by atoms with E-state index < -0.39 is 4.87 Å². The van der Waals surface area contributed by atoms with Crippen molar-refractivity contribution < 1.29 is 0 Å². The van der Waals surface area contributed by atoms with Crippen molar-refractivity contribution in [1.29, 1.82) is 0 Å². The Bertz CT molecular complexity index is 2910. The van der Waals surface area contributed by atoms with Crippen LogP contribution in [0.1, 0.15) is 69.4 Å². The van der Waals surface area contributed by atoms with Crippen molar-refractivity contribution >= 4 is 28.7 Å². The largest absolute Gasteiger partial charge is 0.309 e. The molecule has 0 bridgehead atoms. The molecule has 0 saturated heterocycles. The zero-order chi connectivity index (χ0) is 45.2. The highest BCUT2D eigenvalue weighted by atomic mass is 35.5. The lowest BCUT2D eigenvalue weighted by Crippen LogP contribution is -2.23. The molecule has 9 aromatic carbocycles. The van der Waals surface area contributed by atoms with Crippen molar-refractivity contribution in [3.8, 4) is 44.5 Å². The van der Waals surface area contributed by atoms with E-state index in [-0.39, 0.29) is 10.8 Å². The van der Waals surface area contributed by atoms with Crippen molar-refractivity contribution in [2.75, 3.05) is 4.90 Å². The molecule has 0 aromatic heterocycles. The second-order valence-electron chi connectivity index (χ2n) is 19.1. The van der Waals surface area contributed by atoms with Gasteiger partial charge in [0.15, 0.2) is 0 Å².